The molecule has 1 aliphatic heterocycles. The van der Waals surface area contributed by atoms with E-state index >= 15 is 0 Å². The van der Waals surface area contributed by atoms with Gasteiger partial charge in [0, 0.05) is 38.1 Å². The highest BCUT2D eigenvalue weighted by Gasteiger charge is 2.33. The summed E-state index contributed by atoms with van der Waals surface area (Å²) < 4.78 is 0. The molecule has 0 radical (unpaired) electrons. The van der Waals surface area contributed by atoms with Gasteiger partial charge in [0.15, 0.2) is 0 Å². The largest absolute Gasteiger partial charge is 0.481 e. The van der Waals surface area contributed by atoms with Gasteiger partial charge in [-0.2, -0.15) is 0 Å². The fourth-order valence-corrected chi connectivity index (χ4v) is 3.36. The average molecular weight is 266 g/mol. The molecule has 2 saturated carbocycles. The summed E-state index contributed by atoms with van der Waals surface area (Å²) in [5.41, 5.74) is 0. The molecular weight excluding hydrogens is 240 g/mol. The lowest BCUT2D eigenvalue weighted by molar-refractivity contribution is -0.137. The molecule has 2 aliphatic carbocycles. The maximum Gasteiger partial charge on any atom is 0.303 e. The van der Waals surface area contributed by atoms with Crippen molar-refractivity contribution in [1.82, 2.24) is 10.2 Å². The van der Waals surface area contributed by atoms with Gasteiger partial charge in [0.2, 0.25) is 0 Å². The lowest BCUT2D eigenvalue weighted by atomic mass is 9.90. The van der Waals surface area contributed by atoms with Crippen LogP contribution in [0, 0.1) is 11.8 Å². The Morgan fingerprint density at radius 3 is 2.53 bits per heavy atom. The van der Waals surface area contributed by atoms with Gasteiger partial charge in [-0.1, -0.05) is 0 Å². The van der Waals surface area contributed by atoms with Gasteiger partial charge in [0.1, 0.15) is 0 Å². The summed E-state index contributed by atoms with van der Waals surface area (Å²) in [5, 5.41) is 12.6. The molecule has 19 heavy (non-hydrogen) atoms. The van der Waals surface area contributed by atoms with Gasteiger partial charge in [-0.3, -0.25) is 4.79 Å². The van der Waals surface area contributed by atoms with Crippen LogP contribution in [0.5, 0.6) is 0 Å². The number of nitrogens with zero attached hydrogens (tertiary/aromatic N) is 1. The lowest BCUT2D eigenvalue weighted by Gasteiger charge is -2.38. The van der Waals surface area contributed by atoms with Crippen LogP contribution in [-0.2, 0) is 4.79 Å². The van der Waals surface area contributed by atoms with Crippen molar-refractivity contribution >= 4 is 5.97 Å². The molecule has 2 atom stereocenters. The van der Waals surface area contributed by atoms with Gasteiger partial charge in [-0.15, -0.1) is 0 Å². The summed E-state index contributed by atoms with van der Waals surface area (Å²) in [6, 6.07) is 1.35. The zero-order valence-electron chi connectivity index (χ0n) is 11.7. The first-order valence-electron chi connectivity index (χ1n) is 7.89. The van der Waals surface area contributed by atoms with E-state index in [2.05, 4.69) is 10.2 Å². The molecule has 3 fully saturated rings. The molecule has 4 heteroatoms. The number of aliphatic carboxylic acids is 1. The fourth-order valence-electron chi connectivity index (χ4n) is 3.36. The highest BCUT2D eigenvalue weighted by molar-refractivity contribution is 5.66. The number of carbonyl (C=O) groups is 1. The third-order valence-electron chi connectivity index (χ3n) is 4.64. The van der Waals surface area contributed by atoms with E-state index in [1.807, 2.05) is 0 Å². The quantitative estimate of drug-likeness (QED) is 0.736. The van der Waals surface area contributed by atoms with Crippen LogP contribution in [0.2, 0.25) is 0 Å². The predicted molar refractivity (Wildman–Crippen MR) is 74.1 cm³/mol. The summed E-state index contributed by atoms with van der Waals surface area (Å²) in [7, 11) is 0. The summed E-state index contributed by atoms with van der Waals surface area (Å²) >= 11 is 0. The van der Waals surface area contributed by atoms with E-state index in [4.69, 9.17) is 5.11 Å². The van der Waals surface area contributed by atoms with Crippen molar-refractivity contribution in [2.75, 3.05) is 19.6 Å². The van der Waals surface area contributed by atoms with Gasteiger partial charge >= 0.3 is 5.97 Å². The molecule has 1 saturated heterocycles. The Bertz CT molecular complexity index is 304. The summed E-state index contributed by atoms with van der Waals surface area (Å²) in [5.74, 6) is 0.852. The molecule has 2 N–H and O–H groups in total. The molecule has 2 unspecified atom stereocenters. The van der Waals surface area contributed by atoms with Crippen LogP contribution < -0.4 is 5.32 Å². The molecule has 0 aromatic carbocycles. The maximum atomic E-state index is 10.8. The molecule has 0 amide bonds. The Morgan fingerprint density at radius 1 is 1.11 bits per heavy atom. The van der Waals surface area contributed by atoms with Gasteiger partial charge in [0.25, 0.3) is 0 Å². The third kappa shape index (κ3) is 4.46. The van der Waals surface area contributed by atoms with Crippen molar-refractivity contribution in [1.29, 1.82) is 0 Å². The molecule has 0 aromatic heterocycles. The molecule has 3 rings (SSSR count). The number of carboxylic acids is 1. The number of piperidine rings is 1. The molecular formula is C15H26N2O2. The standard InChI is InChI=1S/C15H26N2O2/c18-15(19)6-3-12-7-14(16-13-4-5-13)10-17(9-12)8-11-1-2-11/h11-14,16H,1-10H2,(H,18,19). The van der Waals surface area contributed by atoms with Gasteiger partial charge in [0.05, 0.1) is 0 Å². The van der Waals surface area contributed by atoms with Crippen molar-refractivity contribution in [2.45, 2.75) is 57.0 Å². The molecule has 0 bridgehead atoms. The van der Waals surface area contributed by atoms with Crippen molar-refractivity contribution in [3.8, 4) is 0 Å². The van der Waals surface area contributed by atoms with E-state index in [0.29, 0.717) is 18.4 Å². The minimum Gasteiger partial charge on any atom is -0.481 e. The third-order valence-corrected chi connectivity index (χ3v) is 4.64. The first-order chi connectivity index (χ1) is 9.19. The molecule has 3 aliphatic rings. The monoisotopic (exact) mass is 266 g/mol. The number of hydrogen-bond acceptors (Lipinski definition) is 3. The number of hydrogen-bond donors (Lipinski definition) is 2. The minimum atomic E-state index is -0.647. The summed E-state index contributed by atoms with van der Waals surface area (Å²) in [6.45, 7) is 3.54. The molecule has 0 aromatic rings. The fraction of sp³-hybridized carbons (Fsp3) is 0.933. The molecule has 4 nitrogen and oxygen atoms in total. The van der Waals surface area contributed by atoms with E-state index in [-0.39, 0.29) is 0 Å². The lowest BCUT2D eigenvalue weighted by Crippen LogP contribution is -2.50. The second-order valence-electron chi connectivity index (χ2n) is 6.83. The summed E-state index contributed by atoms with van der Waals surface area (Å²) in [4.78, 5) is 13.3. The van der Waals surface area contributed by atoms with Crippen LogP contribution in [0.1, 0.15) is 44.9 Å². The smallest absolute Gasteiger partial charge is 0.303 e. The van der Waals surface area contributed by atoms with Crippen LogP contribution >= 0.6 is 0 Å². The Kier molecular flexibility index (Phi) is 4.08. The second kappa shape index (κ2) is 5.80. The van der Waals surface area contributed by atoms with Crippen molar-refractivity contribution in [3.05, 3.63) is 0 Å². The van der Waals surface area contributed by atoms with E-state index in [9.17, 15) is 4.79 Å². The summed E-state index contributed by atoms with van der Waals surface area (Å²) in [6.07, 6.45) is 7.81. The van der Waals surface area contributed by atoms with Crippen molar-refractivity contribution in [2.24, 2.45) is 11.8 Å². The highest BCUT2D eigenvalue weighted by Crippen LogP contribution is 2.32. The molecule has 108 valence electrons. The van der Waals surface area contributed by atoms with Crippen LogP contribution in [0.3, 0.4) is 0 Å². The minimum absolute atomic E-state index is 0.331. The van der Waals surface area contributed by atoms with Crippen LogP contribution in [0.15, 0.2) is 0 Å². The predicted octanol–water partition coefficient (Wildman–Crippen LogP) is 1.70. The number of rotatable bonds is 7. The topological polar surface area (TPSA) is 52.6 Å². The highest BCUT2D eigenvalue weighted by atomic mass is 16.4. The Balaban J connectivity index is 1.50. The van der Waals surface area contributed by atoms with Crippen molar-refractivity contribution in [3.63, 3.8) is 0 Å². The zero-order chi connectivity index (χ0) is 13.2. The zero-order valence-corrected chi connectivity index (χ0v) is 11.7. The number of carboxylic acid groups (broad SMARTS) is 1. The van der Waals surface area contributed by atoms with Gasteiger partial charge < -0.3 is 15.3 Å². The van der Waals surface area contributed by atoms with E-state index in [1.54, 1.807) is 0 Å². The SMILES string of the molecule is O=C(O)CCC1CC(NC2CC2)CN(CC2CC2)C1. The Hall–Kier alpha value is -0.610. The van der Waals surface area contributed by atoms with Gasteiger partial charge in [-0.25, -0.2) is 0 Å². The number of nitrogens with one attached hydrogen (secondary N) is 1. The van der Waals surface area contributed by atoms with Gasteiger partial charge in [-0.05, 0) is 50.4 Å². The Morgan fingerprint density at radius 2 is 1.89 bits per heavy atom. The average Bonchev–Trinajstić information content (AvgIpc) is 3.22. The number of likely N-dealkylation sites (tertiary alicyclic amines) is 1. The first kappa shape index (κ1) is 13.4. The second-order valence-corrected chi connectivity index (χ2v) is 6.83. The Labute approximate surface area is 115 Å². The first-order valence-corrected chi connectivity index (χ1v) is 7.89. The normalized spacial score (nSPS) is 32.4. The molecule has 1 heterocycles. The van der Waals surface area contributed by atoms with E-state index in [1.165, 1.54) is 45.2 Å². The van der Waals surface area contributed by atoms with Crippen molar-refractivity contribution < 1.29 is 9.90 Å². The van der Waals surface area contributed by atoms with Crippen LogP contribution in [0.4, 0.5) is 0 Å². The van der Waals surface area contributed by atoms with E-state index < -0.39 is 5.97 Å². The van der Waals surface area contributed by atoms with Crippen LogP contribution in [0.25, 0.3) is 0 Å². The van der Waals surface area contributed by atoms with E-state index in [0.717, 1.165) is 24.9 Å². The maximum absolute atomic E-state index is 10.8. The van der Waals surface area contributed by atoms with Crippen LogP contribution in [-0.4, -0.2) is 47.7 Å². The molecule has 0 spiro atoms.